The first-order valence-electron chi connectivity index (χ1n) is 3.43. The molecule has 4 heteroatoms. The van der Waals surface area contributed by atoms with E-state index in [1.807, 2.05) is 0 Å². The lowest BCUT2D eigenvalue weighted by molar-refractivity contribution is 0.548. The third-order valence-electron chi connectivity index (χ3n) is 1.74. The van der Waals surface area contributed by atoms with Crippen molar-refractivity contribution in [2.24, 2.45) is 5.92 Å². The molecule has 2 unspecified atom stereocenters. The highest BCUT2D eigenvalue weighted by Crippen LogP contribution is 2.24. The SMILES string of the molecule is N#CC1CCC=C(S(=O)O)C1. The van der Waals surface area contributed by atoms with Crippen LogP contribution in [0.4, 0.5) is 0 Å². The van der Waals surface area contributed by atoms with Crippen LogP contribution in [-0.4, -0.2) is 8.76 Å². The maximum absolute atomic E-state index is 10.5. The van der Waals surface area contributed by atoms with Crippen molar-refractivity contribution < 1.29 is 8.76 Å². The van der Waals surface area contributed by atoms with Crippen LogP contribution in [0.5, 0.6) is 0 Å². The zero-order chi connectivity index (χ0) is 8.27. The van der Waals surface area contributed by atoms with Gasteiger partial charge in [0.05, 0.1) is 12.0 Å². The third kappa shape index (κ3) is 2.14. The molecular weight excluding hydrogens is 162 g/mol. The standard InChI is InChI=1S/C7H9NO2S/c8-5-6-2-1-3-7(4-6)11(9)10/h3,6H,1-2,4H2,(H,9,10). The van der Waals surface area contributed by atoms with E-state index >= 15 is 0 Å². The Morgan fingerprint density at radius 1 is 1.82 bits per heavy atom. The number of hydrogen-bond donors (Lipinski definition) is 1. The van der Waals surface area contributed by atoms with Gasteiger partial charge >= 0.3 is 0 Å². The summed E-state index contributed by atoms with van der Waals surface area (Å²) in [6, 6.07) is 2.10. The molecule has 2 atom stereocenters. The topological polar surface area (TPSA) is 61.1 Å². The number of hydrogen-bond acceptors (Lipinski definition) is 2. The predicted octanol–water partition coefficient (Wildman–Crippen LogP) is 1.42. The summed E-state index contributed by atoms with van der Waals surface area (Å²) in [6.45, 7) is 0. The van der Waals surface area contributed by atoms with Crippen LogP contribution in [-0.2, 0) is 11.1 Å². The molecule has 0 radical (unpaired) electrons. The maximum Gasteiger partial charge on any atom is 0.181 e. The monoisotopic (exact) mass is 171 g/mol. The molecule has 1 N–H and O–H groups in total. The Bertz CT molecular complexity index is 241. The lowest BCUT2D eigenvalue weighted by atomic mass is 9.96. The van der Waals surface area contributed by atoms with Crippen molar-refractivity contribution in [3.05, 3.63) is 11.0 Å². The average Bonchev–Trinajstić information content (AvgIpc) is 2.05. The largest absolute Gasteiger partial charge is 0.302 e. The van der Waals surface area contributed by atoms with E-state index in [1.54, 1.807) is 6.08 Å². The van der Waals surface area contributed by atoms with Crippen LogP contribution in [0.3, 0.4) is 0 Å². The molecule has 0 heterocycles. The second-order valence-electron chi connectivity index (χ2n) is 2.53. The fourth-order valence-corrected chi connectivity index (χ4v) is 1.73. The molecule has 0 saturated heterocycles. The molecule has 60 valence electrons. The highest BCUT2D eigenvalue weighted by molar-refractivity contribution is 7.83. The second kappa shape index (κ2) is 3.65. The minimum Gasteiger partial charge on any atom is -0.302 e. The molecule has 11 heavy (non-hydrogen) atoms. The molecule has 0 saturated carbocycles. The zero-order valence-electron chi connectivity index (χ0n) is 5.99. The molecule has 1 aliphatic carbocycles. The molecule has 0 spiro atoms. The van der Waals surface area contributed by atoms with Crippen molar-refractivity contribution in [2.45, 2.75) is 19.3 Å². The smallest absolute Gasteiger partial charge is 0.181 e. The summed E-state index contributed by atoms with van der Waals surface area (Å²) in [4.78, 5) is 0.503. The van der Waals surface area contributed by atoms with Gasteiger partial charge in [-0.25, -0.2) is 4.21 Å². The van der Waals surface area contributed by atoms with Crippen molar-refractivity contribution in [1.29, 1.82) is 5.26 Å². The molecule has 0 bridgehead atoms. The van der Waals surface area contributed by atoms with Crippen LogP contribution >= 0.6 is 0 Å². The van der Waals surface area contributed by atoms with Gasteiger partial charge in [0.2, 0.25) is 0 Å². The summed E-state index contributed by atoms with van der Waals surface area (Å²) in [5.41, 5.74) is 0. The van der Waals surface area contributed by atoms with Gasteiger partial charge in [0.1, 0.15) is 0 Å². The van der Waals surface area contributed by atoms with Crippen LogP contribution in [0.25, 0.3) is 0 Å². The predicted molar refractivity (Wildman–Crippen MR) is 41.8 cm³/mol. The van der Waals surface area contributed by atoms with Crippen LogP contribution in [0, 0.1) is 17.2 Å². The highest BCUT2D eigenvalue weighted by atomic mass is 32.2. The van der Waals surface area contributed by atoms with Crippen molar-refractivity contribution in [3.63, 3.8) is 0 Å². The Morgan fingerprint density at radius 2 is 2.55 bits per heavy atom. The summed E-state index contributed by atoms with van der Waals surface area (Å²) < 4.78 is 19.2. The van der Waals surface area contributed by atoms with Crippen LogP contribution in [0.15, 0.2) is 11.0 Å². The fourth-order valence-electron chi connectivity index (χ4n) is 1.13. The lowest BCUT2D eigenvalue weighted by Gasteiger charge is -2.13. The summed E-state index contributed by atoms with van der Waals surface area (Å²) >= 11 is -1.86. The summed E-state index contributed by atoms with van der Waals surface area (Å²) in [6.07, 6.45) is 3.78. The van der Waals surface area contributed by atoms with E-state index < -0.39 is 11.1 Å². The van der Waals surface area contributed by atoms with Gasteiger partial charge in [-0.2, -0.15) is 5.26 Å². The summed E-state index contributed by atoms with van der Waals surface area (Å²) in [7, 11) is 0. The third-order valence-corrected chi connectivity index (χ3v) is 2.52. The van der Waals surface area contributed by atoms with E-state index in [0.29, 0.717) is 11.3 Å². The Balaban J connectivity index is 2.64. The highest BCUT2D eigenvalue weighted by Gasteiger charge is 2.17. The summed E-state index contributed by atoms with van der Waals surface area (Å²) in [5, 5.41) is 8.53. The molecule has 0 aliphatic heterocycles. The van der Waals surface area contributed by atoms with Gasteiger partial charge in [0.25, 0.3) is 0 Å². The van der Waals surface area contributed by atoms with Gasteiger partial charge in [0.15, 0.2) is 11.1 Å². The minimum absolute atomic E-state index is 0.0638. The van der Waals surface area contributed by atoms with Gasteiger partial charge in [-0.15, -0.1) is 0 Å². The number of allylic oxidation sites excluding steroid dienone is 2. The Hall–Kier alpha value is -0.660. The molecule has 3 nitrogen and oxygen atoms in total. The average molecular weight is 171 g/mol. The molecule has 1 aliphatic rings. The Labute approximate surface area is 68.0 Å². The molecule has 0 aromatic rings. The van der Waals surface area contributed by atoms with Crippen LogP contribution in [0.1, 0.15) is 19.3 Å². The molecule has 0 fully saturated rings. The van der Waals surface area contributed by atoms with Crippen molar-refractivity contribution in [1.82, 2.24) is 0 Å². The van der Waals surface area contributed by atoms with E-state index in [9.17, 15) is 4.21 Å². The molecule has 0 amide bonds. The van der Waals surface area contributed by atoms with E-state index in [1.165, 1.54) is 0 Å². The van der Waals surface area contributed by atoms with E-state index in [2.05, 4.69) is 6.07 Å². The summed E-state index contributed by atoms with van der Waals surface area (Å²) in [5.74, 6) is -0.0638. The Morgan fingerprint density at radius 3 is 3.09 bits per heavy atom. The minimum atomic E-state index is -1.86. The van der Waals surface area contributed by atoms with Gasteiger partial charge in [-0.1, -0.05) is 6.08 Å². The van der Waals surface area contributed by atoms with Crippen molar-refractivity contribution in [2.75, 3.05) is 0 Å². The first kappa shape index (κ1) is 8.44. The van der Waals surface area contributed by atoms with E-state index in [-0.39, 0.29) is 5.92 Å². The van der Waals surface area contributed by atoms with E-state index in [0.717, 1.165) is 12.8 Å². The van der Waals surface area contributed by atoms with Gasteiger partial charge in [-0.05, 0) is 19.3 Å². The molecular formula is C7H9NO2S. The molecule has 1 rings (SSSR count). The van der Waals surface area contributed by atoms with Crippen LogP contribution in [0.2, 0.25) is 0 Å². The van der Waals surface area contributed by atoms with E-state index in [4.69, 9.17) is 9.81 Å². The van der Waals surface area contributed by atoms with Gasteiger partial charge < -0.3 is 4.55 Å². The quantitative estimate of drug-likeness (QED) is 0.607. The fraction of sp³-hybridized carbons (Fsp3) is 0.571. The zero-order valence-corrected chi connectivity index (χ0v) is 6.80. The lowest BCUT2D eigenvalue weighted by Crippen LogP contribution is -2.07. The Kier molecular flexibility index (Phi) is 2.80. The first-order chi connectivity index (χ1) is 5.24. The normalized spacial score (nSPS) is 26.9. The van der Waals surface area contributed by atoms with Crippen LogP contribution < -0.4 is 0 Å². The van der Waals surface area contributed by atoms with Gasteiger partial charge in [0, 0.05) is 4.91 Å². The number of rotatable bonds is 1. The number of nitrogens with zero attached hydrogens (tertiary/aromatic N) is 1. The van der Waals surface area contributed by atoms with Crippen molar-refractivity contribution in [3.8, 4) is 6.07 Å². The van der Waals surface area contributed by atoms with Crippen molar-refractivity contribution >= 4 is 11.1 Å². The number of nitriles is 1. The molecule has 0 aromatic heterocycles. The second-order valence-corrected chi connectivity index (χ2v) is 3.55. The maximum atomic E-state index is 10.5. The first-order valence-corrected chi connectivity index (χ1v) is 4.54. The van der Waals surface area contributed by atoms with Gasteiger partial charge in [-0.3, -0.25) is 0 Å². The molecule has 0 aromatic carbocycles.